The molecule has 0 aliphatic rings. The lowest BCUT2D eigenvalue weighted by Crippen LogP contribution is -1.97. The van der Waals surface area contributed by atoms with E-state index in [4.69, 9.17) is 16.6 Å². The average molecular weight is 426 g/mol. The van der Waals surface area contributed by atoms with Gasteiger partial charge in [-0.3, -0.25) is 0 Å². The van der Waals surface area contributed by atoms with Crippen LogP contribution in [0.25, 0.3) is 23.1 Å². The van der Waals surface area contributed by atoms with Gasteiger partial charge in [-0.25, -0.2) is 4.98 Å². The predicted octanol–water partition coefficient (Wildman–Crippen LogP) is 8.36. The highest BCUT2D eigenvalue weighted by atomic mass is 35.5. The SMILES string of the molecule is CC(C)c1ccccc1CCCc1cccc(/C=C/c2ccc3ccc(Cl)cc3n2)c1. The lowest BCUT2D eigenvalue weighted by Gasteiger charge is -2.12. The number of rotatable bonds is 7. The van der Waals surface area contributed by atoms with Crippen LogP contribution < -0.4 is 0 Å². The fourth-order valence-corrected chi connectivity index (χ4v) is 4.21. The molecule has 0 saturated heterocycles. The van der Waals surface area contributed by atoms with E-state index in [1.165, 1.54) is 22.3 Å². The summed E-state index contributed by atoms with van der Waals surface area (Å²) in [7, 11) is 0. The summed E-state index contributed by atoms with van der Waals surface area (Å²) < 4.78 is 0. The molecular formula is C29H28ClN. The summed E-state index contributed by atoms with van der Waals surface area (Å²) >= 11 is 6.11. The molecule has 1 nitrogen and oxygen atoms in total. The van der Waals surface area contributed by atoms with Crippen molar-refractivity contribution in [2.24, 2.45) is 0 Å². The molecule has 0 aliphatic heterocycles. The molecule has 0 saturated carbocycles. The van der Waals surface area contributed by atoms with E-state index in [1.54, 1.807) is 0 Å². The van der Waals surface area contributed by atoms with E-state index in [-0.39, 0.29) is 0 Å². The van der Waals surface area contributed by atoms with Crippen molar-refractivity contribution < 1.29 is 0 Å². The molecule has 31 heavy (non-hydrogen) atoms. The summed E-state index contributed by atoms with van der Waals surface area (Å²) in [5.41, 5.74) is 7.39. The van der Waals surface area contributed by atoms with Crippen LogP contribution in [0.2, 0.25) is 5.02 Å². The smallest absolute Gasteiger partial charge is 0.0724 e. The standard InChI is InChI=1S/C29H28ClN/c1-21(2)28-12-4-3-10-24(28)11-6-9-22-7-5-8-23(19-22)13-17-27-18-15-25-14-16-26(30)20-29(25)31-27/h3-5,7-8,10,12-21H,6,9,11H2,1-2H3/b17-13+. The van der Waals surface area contributed by atoms with Gasteiger partial charge in [0.2, 0.25) is 0 Å². The van der Waals surface area contributed by atoms with Crippen LogP contribution in [0.4, 0.5) is 0 Å². The first kappa shape index (κ1) is 21.3. The number of hydrogen-bond donors (Lipinski definition) is 0. The first-order chi connectivity index (χ1) is 15.1. The molecule has 0 N–H and O–H groups in total. The molecule has 156 valence electrons. The molecule has 0 unspecified atom stereocenters. The van der Waals surface area contributed by atoms with Crippen LogP contribution in [-0.4, -0.2) is 4.98 Å². The van der Waals surface area contributed by atoms with E-state index < -0.39 is 0 Å². The third-order valence-corrected chi connectivity index (χ3v) is 5.90. The minimum atomic E-state index is 0.574. The second kappa shape index (κ2) is 9.94. The monoisotopic (exact) mass is 425 g/mol. The van der Waals surface area contributed by atoms with Gasteiger partial charge >= 0.3 is 0 Å². The van der Waals surface area contributed by atoms with E-state index in [2.05, 4.69) is 80.6 Å². The number of nitrogens with zero attached hydrogens (tertiary/aromatic N) is 1. The van der Waals surface area contributed by atoms with E-state index in [9.17, 15) is 0 Å². The van der Waals surface area contributed by atoms with Gasteiger partial charge in [0.15, 0.2) is 0 Å². The Morgan fingerprint density at radius 1 is 0.839 bits per heavy atom. The highest BCUT2D eigenvalue weighted by Gasteiger charge is 2.05. The average Bonchev–Trinajstić information content (AvgIpc) is 2.78. The van der Waals surface area contributed by atoms with Crippen molar-refractivity contribution in [3.05, 3.63) is 112 Å². The van der Waals surface area contributed by atoms with Crippen LogP contribution in [0, 0.1) is 0 Å². The molecule has 0 bridgehead atoms. The van der Waals surface area contributed by atoms with Gasteiger partial charge in [-0.15, -0.1) is 0 Å². The van der Waals surface area contributed by atoms with Crippen molar-refractivity contribution in [1.29, 1.82) is 0 Å². The zero-order valence-electron chi connectivity index (χ0n) is 18.2. The summed E-state index contributed by atoms with van der Waals surface area (Å²) in [4.78, 5) is 4.71. The molecule has 0 radical (unpaired) electrons. The van der Waals surface area contributed by atoms with Gasteiger partial charge in [0.05, 0.1) is 11.2 Å². The molecule has 0 fully saturated rings. The maximum Gasteiger partial charge on any atom is 0.0724 e. The Labute approximate surface area is 190 Å². The van der Waals surface area contributed by atoms with Gasteiger partial charge < -0.3 is 0 Å². The number of hydrogen-bond acceptors (Lipinski definition) is 1. The van der Waals surface area contributed by atoms with Gasteiger partial charge in [-0.1, -0.05) is 92.2 Å². The highest BCUT2D eigenvalue weighted by Crippen LogP contribution is 2.22. The molecule has 0 amide bonds. The first-order valence-electron chi connectivity index (χ1n) is 11.0. The summed E-state index contributed by atoms with van der Waals surface area (Å²) in [5, 5.41) is 1.81. The van der Waals surface area contributed by atoms with Crippen molar-refractivity contribution in [2.75, 3.05) is 0 Å². The van der Waals surface area contributed by atoms with Gasteiger partial charge in [-0.2, -0.15) is 0 Å². The molecular weight excluding hydrogens is 398 g/mol. The van der Waals surface area contributed by atoms with Crippen LogP contribution in [0.1, 0.15) is 54.1 Å². The van der Waals surface area contributed by atoms with Crippen LogP contribution >= 0.6 is 11.6 Å². The maximum absolute atomic E-state index is 6.11. The summed E-state index contributed by atoms with van der Waals surface area (Å²) in [6.07, 6.45) is 7.57. The van der Waals surface area contributed by atoms with Crippen LogP contribution in [0.15, 0.2) is 78.9 Å². The Morgan fingerprint density at radius 3 is 2.55 bits per heavy atom. The lowest BCUT2D eigenvalue weighted by atomic mass is 9.93. The zero-order valence-corrected chi connectivity index (χ0v) is 18.9. The molecule has 0 spiro atoms. The number of benzene rings is 3. The Morgan fingerprint density at radius 2 is 1.68 bits per heavy atom. The Kier molecular flexibility index (Phi) is 6.84. The highest BCUT2D eigenvalue weighted by molar-refractivity contribution is 6.31. The topological polar surface area (TPSA) is 12.9 Å². The van der Waals surface area contributed by atoms with Crippen molar-refractivity contribution in [2.45, 2.75) is 39.0 Å². The number of pyridine rings is 1. The van der Waals surface area contributed by atoms with Gasteiger partial charge in [-0.05, 0) is 71.7 Å². The molecule has 1 heterocycles. The summed E-state index contributed by atoms with van der Waals surface area (Å²) in [6.45, 7) is 4.54. The maximum atomic E-state index is 6.11. The Bertz CT molecular complexity index is 1210. The van der Waals surface area contributed by atoms with E-state index in [1.807, 2.05) is 24.3 Å². The van der Waals surface area contributed by atoms with Crippen molar-refractivity contribution >= 4 is 34.7 Å². The second-order valence-electron chi connectivity index (χ2n) is 8.36. The first-order valence-corrected chi connectivity index (χ1v) is 11.4. The fourth-order valence-electron chi connectivity index (χ4n) is 4.04. The summed E-state index contributed by atoms with van der Waals surface area (Å²) in [6, 6.07) is 27.6. The van der Waals surface area contributed by atoms with Gasteiger partial charge in [0.1, 0.15) is 0 Å². The Hall–Kier alpha value is -2.90. The molecule has 4 rings (SSSR count). The minimum Gasteiger partial charge on any atom is -0.248 e. The minimum absolute atomic E-state index is 0.574. The summed E-state index contributed by atoms with van der Waals surface area (Å²) in [5.74, 6) is 0.574. The molecule has 0 atom stereocenters. The van der Waals surface area contributed by atoms with Crippen molar-refractivity contribution in [1.82, 2.24) is 4.98 Å². The van der Waals surface area contributed by atoms with E-state index in [0.29, 0.717) is 10.9 Å². The molecule has 1 aromatic heterocycles. The number of fused-ring (bicyclic) bond motifs is 1. The molecule has 3 aromatic carbocycles. The van der Waals surface area contributed by atoms with Gasteiger partial charge in [0.25, 0.3) is 0 Å². The molecule has 0 aliphatic carbocycles. The van der Waals surface area contributed by atoms with E-state index >= 15 is 0 Å². The largest absolute Gasteiger partial charge is 0.248 e. The van der Waals surface area contributed by atoms with E-state index in [0.717, 1.165) is 35.9 Å². The number of halogens is 1. The van der Waals surface area contributed by atoms with Gasteiger partial charge in [0, 0.05) is 10.4 Å². The third-order valence-electron chi connectivity index (χ3n) is 5.66. The second-order valence-corrected chi connectivity index (χ2v) is 8.80. The predicted molar refractivity (Wildman–Crippen MR) is 135 cm³/mol. The Balaban J connectivity index is 1.41. The van der Waals surface area contributed by atoms with Crippen molar-refractivity contribution in [3.63, 3.8) is 0 Å². The normalized spacial score (nSPS) is 11.6. The quantitative estimate of drug-likeness (QED) is 0.290. The lowest BCUT2D eigenvalue weighted by molar-refractivity contribution is 0.783. The number of aryl methyl sites for hydroxylation is 2. The van der Waals surface area contributed by atoms with Crippen LogP contribution in [0.5, 0.6) is 0 Å². The fraction of sp³-hybridized carbons (Fsp3) is 0.207. The third kappa shape index (κ3) is 5.62. The zero-order chi connectivity index (χ0) is 21.6. The number of aromatic nitrogens is 1. The van der Waals surface area contributed by atoms with Crippen molar-refractivity contribution in [3.8, 4) is 0 Å². The molecule has 2 heteroatoms. The molecule has 4 aromatic rings. The van der Waals surface area contributed by atoms with Crippen LogP contribution in [-0.2, 0) is 12.8 Å². The van der Waals surface area contributed by atoms with Crippen LogP contribution in [0.3, 0.4) is 0 Å².